The molecule has 2 atom stereocenters. The number of ether oxygens (including phenoxy) is 1. The molecular formula is C15H14F2N4O6S. The molecule has 2 amide bonds. The lowest BCUT2D eigenvalue weighted by molar-refractivity contribution is -0.149. The SMILES string of the molecule is CC(=O)OCC1=C(C(=O)O)N2C(=O)[C@@H](NC(=O)c3ccnn3C(F)F)[C@H]2SC1. The second kappa shape index (κ2) is 7.58. The van der Waals surface area contributed by atoms with Crippen LogP contribution in [0.2, 0.25) is 0 Å². The van der Waals surface area contributed by atoms with E-state index in [0.29, 0.717) is 0 Å². The number of hydrogen-bond acceptors (Lipinski definition) is 7. The van der Waals surface area contributed by atoms with Crippen LogP contribution in [0.4, 0.5) is 8.78 Å². The van der Waals surface area contributed by atoms with E-state index >= 15 is 0 Å². The van der Waals surface area contributed by atoms with Crippen molar-refractivity contribution < 1.29 is 37.8 Å². The standard InChI is InChI=1S/C15H14F2N4O6S/c1-6(22)27-4-7-5-28-13-9(12(24)20(13)10(7)14(25)26)19-11(23)8-2-3-18-21(8)15(16)17/h2-3,9,13,15H,4-5H2,1H3,(H,19,23)(H,25,26)/t9-,13-/m1/s1. The van der Waals surface area contributed by atoms with Crippen LogP contribution in [0.25, 0.3) is 0 Å². The molecule has 0 bridgehead atoms. The van der Waals surface area contributed by atoms with Gasteiger partial charge in [-0.15, -0.1) is 11.8 Å². The van der Waals surface area contributed by atoms with Gasteiger partial charge in [0.25, 0.3) is 11.8 Å². The zero-order valence-electron chi connectivity index (χ0n) is 14.3. The number of carbonyl (C=O) groups is 4. The van der Waals surface area contributed by atoms with Crippen LogP contribution in [0.3, 0.4) is 0 Å². The summed E-state index contributed by atoms with van der Waals surface area (Å²) in [5, 5.41) is 14.4. The van der Waals surface area contributed by atoms with Gasteiger partial charge >= 0.3 is 18.5 Å². The zero-order chi connectivity index (χ0) is 20.6. The van der Waals surface area contributed by atoms with E-state index in [1.54, 1.807) is 0 Å². The van der Waals surface area contributed by atoms with Crippen LogP contribution in [0.5, 0.6) is 0 Å². The first-order valence-corrected chi connectivity index (χ1v) is 8.93. The van der Waals surface area contributed by atoms with Crippen molar-refractivity contribution in [2.45, 2.75) is 24.9 Å². The molecule has 1 aromatic heterocycles. The van der Waals surface area contributed by atoms with E-state index in [9.17, 15) is 33.1 Å². The van der Waals surface area contributed by atoms with Crippen LogP contribution in [-0.4, -0.2) is 67.3 Å². The number of β-lactam (4-membered cyclic amide) rings is 1. The average molecular weight is 416 g/mol. The van der Waals surface area contributed by atoms with Crippen LogP contribution >= 0.6 is 11.8 Å². The topological polar surface area (TPSA) is 131 Å². The molecule has 3 heterocycles. The number of halogens is 2. The van der Waals surface area contributed by atoms with E-state index in [4.69, 9.17) is 4.74 Å². The summed E-state index contributed by atoms with van der Waals surface area (Å²) in [7, 11) is 0. The van der Waals surface area contributed by atoms with Crippen molar-refractivity contribution in [3.05, 3.63) is 29.2 Å². The Morgan fingerprint density at radius 1 is 1.46 bits per heavy atom. The van der Waals surface area contributed by atoms with Gasteiger partial charge in [-0.05, 0) is 6.07 Å². The van der Waals surface area contributed by atoms with Gasteiger partial charge in [0.05, 0.1) is 0 Å². The van der Waals surface area contributed by atoms with E-state index in [-0.39, 0.29) is 28.3 Å². The molecule has 0 saturated carbocycles. The van der Waals surface area contributed by atoms with Crippen molar-refractivity contribution in [2.24, 2.45) is 0 Å². The number of carboxylic acid groups (broad SMARTS) is 1. The van der Waals surface area contributed by atoms with E-state index in [1.807, 2.05) is 0 Å². The Morgan fingerprint density at radius 3 is 2.79 bits per heavy atom. The van der Waals surface area contributed by atoms with Gasteiger partial charge in [0.2, 0.25) is 0 Å². The fourth-order valence-corrected chi connectivity index (χ4v) is 4.18. The molecular weight excluding hydrogens is 402 g/mol. The molecule has 0 aliphatic carbocycles. The number of thioether (sulfide) groups is 1. The fraction of sp³-hybridized carbons (Fsp3) is 0.400. The molecule has 2 aliphatic rings. The zero-order valence-corrected chi connectivity index (χ0v) is 15.1. The summed E-state index contributed by atoms with van der Waals surface area (Å²) >= 11 is 1.16. The number of esters is 1. The number of nitrogens with one attached hydrogen (secondary N) is 1. The third kappa shape index (κ3) is 3.44. The lowest BCUT2D eigenvalue weighted by Gasteiger charge is -2.49. The third-order valence-corrected chi connectivity index (χ3v) is 5.41. The second-order valence-electron chi connectivity index (χ2n) is 5.84. The van der Waals surface area contributed by atoms with Crippen LogP contribution in [0.15, 0.2) is 23.5 Å². The number of nitrogens with zero attached hydrogens (tertiary/aromatic N) is 3. The molecule has 2 aliphatic heterocycles. The summed E-state index contributed by atoms with van der Waals surface area (Å²) in [5.41, 5.74) is -0.484. The van der Waals surface area contributed by atoms with Gasteiger partial charge in [-0.1, -0.05) is 0 Å². The Labute approximate surface area is 160 Å². The van der Waals surface area contributed by atoms with Crippen molar-refractivity contribution in [1.29, 1.82) is 0 Å². The van der Waals surface area contributed by atoms with E-state index in [1.165, 1.54) is 6.92 Å². The highest BCUT2D eigenvalue weighted by Gasteiger charge is 2.54. The molecule has 150 valence electrons. The summed E-state index contributed by atoms with van der Waals surface area (Å²) < 4.78 is 30.7. The molecule has 2 N–H and O–H groups in total. The molecule has 28 heavy (non-hydrogen) atoms. The molecule has 1 saturated heterocycles. The lowest BCUT2D eigenvalue weighted by atomic mass is 10.0. The molecule has 0 unspecified atom stereocenters. The predicted molar refractivity (Wildman–Crippen MR) is 89.1 cm³/mol. The third-order valence-electron chi connectivity index (χ3n) is 4.07. The Kier molecular flexibility index (Phi) is 5.36. The highest BCUT2D eigenvalue weighted by atomic mass is 32.2. The van der Waals surface area contributed by atoms with Crippen LogP contribution in [-0.2, 0) is 19.1 Å². The number of alkyl halides is 2. The summed E-state index contributed by atoms with van der Waals surface area (Å²) in [5.74, 6) is -3.44. The molecule has 0 aromatic carbocycles. The van der Waals surface area contributed by atoms with Crippen molar-refractivity contribution in [3.8, 4) is 0 Å². The number of carboxylic acids is 1. The van der Waals surface area contributed by atoms with Gasteiger partial charge in [0, 0.05) is 24.4 Å². The van der Waals surface area contributed by atoms with Crippen molar-refractivity contribution in [1.82, 2.24) is 20.0 Å². The number of hydrogen-bond donors (Lipinski definition) is 2. The van der Waals surface area contributed by atoms with Gasteiger partial charge in [-0.25, -0.2) is 4.79 Å². The average Bonchev–Trinajstić information content (AvgIpc) is 3.13. The maximum atomic E-state index is 12.8. The monoisotopic (exact) mass is 416 g/mol. The number of rotatable bonds is 6. The quantitative estimate of drug-likeness (QED) is 0.497. The molecule has 10 nitrogen and oxygen atoms in total. The highest BCUT2D eigenvalue weighted by Crippen LogP contribution is 2.40. The predicted octanol–water partition coefficient (Wildman–Crippen LogP) is 0.194. The van der Waals surface area contributed by atoms with Gasteiger partial charge in [-0.2, -0.15) is 18.6 Å². The fourth-order valence-electron chi connectivity index (χ4n) is 2.85. The minimum absolute atomic E-state index is 0.157. The molecule has 1 aromatic rings. The van der Waals surface area contributed by atoms with Crippen molar-refractivity contribution >= 4 is 35.5 Å². The maximum absolute atomic E-state index is 12.8. The van der Waals surface area contributed by atoms with Crippen LogP contribution in [0.1, 0.15) is 24.0 Å². The number of amides is 2. The first kappa shape index (κ1) is 19.8. The van der Waals surface area contributed by atoms with E-state index in [2.05, 4.69) is 10.4 Å². The molecule has 13 heteroatoms. The van der Waals surface area contributed by atoms with Crippen molar-refractivity contribution in [2.75, 3.05) is 12.4 Å². The Bertz CT molecular complexity index is 886. The summed E-state index contributed by atoms with van der Waals surface area (Å²) in [6, 6.07) is -0.000854. The van der Waals surface area contributed by atoms with Gasteiger partial charge in [0.15, 0.2) is 0 Å². The maximum Gasteiger partial charge on any atom is 0.352 e. The number of carbonyl (C=O) groups excluding carboxylic acids is 3. The van der Waals surface area contributed by atoms with E-state index in [0.717, 1.165) is 28.9 Å². The summed E-state index contributed by atoms with van der Waals surface area (Å²) in [4.78, 5) is 48.2. The minimum atomic E-state index is -3.03. The number of fused-ring (bicyclic) bond motifs is 1. The second-order valence-corrected chi connectivity index (χ2v) is 6.94. The first-order chi connectivity index (χ1) is 13.2. The van der Waals surface area contributed by atoms with Crippen LogP contribution in [0, 0.1) is 0 Å². The number of aliphatic carboxylic acids is 1. The first-order valence-electron chi connectivity index (χ1n) is 7.88. The molecule has 0 radical (unpaired) electrons. The summed E-state index contributed by atoms with van der Waals surface area (Å²) in [6.07, 6.45) is 1.03. The highest BCUT2D eigenvalue weighted by molar-refractivity contribution is 8.00. The summed E-state index contributed by atoms with van der Waals surface area (Å²) in [6.45, 7) is -2.13. The minimum Gasteiger partial charge on any atom is -0.477 e. The number of aromatic nitrogens is 2. The van der Waals surface area contributed by atoms with E-state index < -0.39 is 47.4 Å². The van der Waals surface area contributed by atoms with Gasteiger partial charge in [0.1, 0.15) is 29.4 Å². The molecule has 0 spiro atoms. The van der Waals surface area contributed by atoms with Gasteiger partial charge < -0.3 is 15.2 Å². The Morgan fingerprint density at radius 2 is 2.18 bits per heavy atom. The normalized spacial score (nSPS) is 21.3. The Hall–Kier alpha value is -2.96. The molecule has 1 fully saturated rings. The molecule has 3 rings (SSSR count). The lowest BCUT2D eigenvalue weighted by Crippen LogP contribution is -2.70. The van der Waals surface area contributed by atoms with Crippen LogP contribution < -0.4 is 5.32 Å². The largest absolute Gasteiger partial charge is 0.477 e. The van der Waals surface area contributed by atoms with Crippen molar-refractivity contribution in [3.63, 3.8) is 0 Å². The Balaban J connectivity index is 1.76. The smallest absolute Gasteiger partial charge is 0.352 e. The van der Waals surface area contributed by atoms with Gasteiger partial charge in [-0.3, -0.25) is 19.3 Å².